The van der Waals surface area contributed by atoms with Gasteiger partial charge in [0.25, 0.3) is 10.0 Å². The number of rotatable bonds is 4. The lowest BCUT2D eigenvalue weighted by Crippen LogP contribution is -2.45. The Morgan fingerprint density at radius 1 is 1.33 bits per heavy atom. The number of sulfonamides is 1. The summed E-state index contributed by atoms with van der Waals surface area (Å²) in [5.74, 6) is -1.79. The van der Waals surface area contributed by atoms with Gasteiger partial charge in [-0.25, -0.2) is 17.9 Å². The van der Waals surface area contributed by atoms with Crippen molar-refractivity contribution in [1.29, 1.82) is 0 Å². The second-order valence-corrected chi connectivity index (χ2v) is 6.47. The normalized spacial score (nSPS) is 16.9. The van der Waals surface area contributed by atoms with Gasteiger partial charge in [-0.15, -0.1) is 0 Å². The molecular formula is C12H16N2O6S. The smallest absolute Gasteiger partial charge is 0.371 e. The summed E-state index contributed by atoms with van der Waals surface area (Å²) >= 11 is 0. The third kappa shape index (κ3) is 3.61. The van der Waals surface area contributed by atoms with Crippen molar-refractivity contribution in [2.45, 2.75) is 30.9 Å². The van der Waals surface area contributed by atoms with Gasteiger partial charge in [0.05, 0.1) is 0 Å². The number of carbonyl (C=O) groups is 2. The van der Waals surface area contributed by atoms with Crippen LogP contribution in [0.25, 0.3) is 0 Å². The van der Waals surface area contributed by atoms with Crippen molar-refractivity contribution >= 4 is 21.9 Å². The maximum absolute atomic E-state index is 12.1. The van der Waals surface area contributed by atoms with E-state index in [1.807, 2.05) is 0 Å². The van der Waals surface area contributed by atoms with E-state index in [4.69, 9.17) is 9.52 Å². The first-order valence-electron chi connectivity index (χ1n) is 6.40. The molecule has 0 aliphatic carbocycles. The van der Waals surface area contributed by atoms with Crippen molar-refractivity contribution in [2.24, 2.45) is 0 Å². The van der Waals surface area contributed by atoms with Gasteiger partial charge in [-0.3, -0.25) is 4.79 Å². The number of nitrogens with zero attached hydrogens (tertiary/aromatic N) is 1. The third-order valence-corrected chi connectivity index (χ3v) is 4.71. The molecule has 1 aliphatic rings. The highest BCUT2D eigenvalue weighted by atomic mass is 32.2. The number of furan rings is 1. The van der Waals surface area contributed by atoms with Crippen molar-refractivity contribution < 1.29 is 27.5 Å². The van der Waals surface area contributed by atoms with E-state index in [9.17, 15) is 18.0 Å². The van der Waals surface area contributed by atoms with E-state index in [1.54, 1.807) is 4.90 Å². The maximum atomic E-state index is 12.1. The lowest BCUT2D eigenvalue weighted by molar-refractivity contribution is -0.129. The Kier molecular flexibility index (Phi) is 4.33. The van der Waals surface area contributed by atoms with Gasteiger partial charge >= 0.3 is 5.97 Å². The molecule has 2 heterocycles. The zero-order valence-electron chi connectivity index (χ0n) is 11.4. The van der Waals surface area contributed by atoms with Crippen LogP contribution in [0, 0.1) is 0 Å². The van der Waals surface area contributed by atoms with Gasteiger partial charge in [-0.2, -0.15) is 0 Å². The van der Waals surface area contributed by atoms with Crippen LogP contribution < -0.4 is 4.72 Å². The average molecular weight is 316 g/mol. The van der Waals surface area contributed by atoms with Gasteiger partial charge in [0.2, 0.25) is 16.8 Å². The molecule has 2 N–H and O–H groups in total. The molecule has 1 fully saturated rings. The van der Waals surface area contributed by atoms with Crippen molar-refractivity contribution in [2.75, 3.05) is 13.1 Å². The second kappa shape index (κ2) is 5.86. The van der Waals surface area contributed by atoms with Crippen LogP contribution in [0.4, 0.5) is 0 Å². The minimum absolute atomic E-state index is 0.0339. The van der Waals surface area contributed by atoms with Crippen LogP contribution in [-0.4, -0.2) is 49.4 Å². The highest BCUT2D eigenvalue weighted by Crippen LogP contribution is 2.17. The van der Waals surface area contributed by atoms with Gasteiger partial charge in [0, 0.05) is 26.1 Å². The molecule has 0 unspecified atom stereocenters. The van der Waals surface area contributed by atoms with Crippen molar-refractivity contribution in [3.8, 4) is 0 Å². The van der Waals surface area contributed by atoms with Gasteiger partial charge in [0.15, 0.2) is 0 Å². The molecule has 0 aromatic carbocycles. The number of nitrogens with one attached hydrogen (secondary N) is 1. The summed E-state index contributed by atoms with van der Waals surface area (Å²) < 4.78 is 31.4. The van der Waals surface area contributed by atoms with Gasteiger partial charge in [0.1, 0.15) is 0 Å². The van der Waals surface area contributed by atoms with Crippen molar-refractivity contribution in [3.05, 3.63) is 17.9 Å². The van der Waals surface area contributed by atoms with Crippen LogP contribution in [0.5, 0.6) is 0 Å². The molecule has 2 rings (SSSR count). The van der Waals surface area contributed by atoms with Crippen LogP contribution in [0.3, 0.4) is 0 Å². The molecule has 1 aliphatic heterocycles. The number of carbonyl (C=O) groups excluding carboxylic acids is 1. The Labute approximate surface area is 121 Å². The summed E-state index contributed by atoms with van der Waals surface area (Å²) in [5.41, 5.74) is 0. The van der Waals surface area contributed by atoms with Crippen LogP contribution in [0.15, 0.2) is 21.6 Å². The van der Waals surface area contributed by atoms with E-state index in [0.717, 1.165) is 12.1 Å². The molecule has 0 atom stereocenters. The van der Waals surface area contributed by atoms with Crippen molar-refractivity contribution in [3.63, 3.8) is 0 Å². The predicted molar refractivity (Wildman–Crippen MR) is 71.3 cm³/mol. The monoisotopic (exact) mass is 316 g/mol. The van der Waals surface area contributed by atoms with Gasteiger partial charge < -0.3 is 14.4 Å². The van der Waals surface area contributed by atoms with Gasteiger partial charge in [-0.05, 0) is 25.0 Å². The Balaban J connectivity index is 2.01. The first-order chi connectivity index (χ1) is 9.79. The molecule has 1 aromatic rings. The summed E-state index contributed by atoms with van der Waals surface area (Å²) in [6.07, 6.45) is 1.01. The topological polar surface area (TPSA) is 117 Å². The first kappa shape index (κ1) is 15.5. The summed E-state index contributed by atoms with van der Waals surface area (Å²) in [7, 11) is -3.89. The zero-order chi connectivity index (χ0) is 15.6. The molecule has 1 saturated heterocycles. The van der Waals surface area contributed by atoms with E-state index >= 15 is 0 Å². The number of amides is 1. The largest absolute Gasteiger partial charge is 0.475 e. The fraction of sp³-hybridized carbons (Fsp3) is 0.500. The van der Waals surface area contributed by atoms with Crippen LogP contribution in [0.1, 0.15) is 30.3 Å². The van der Waals surface area contributed by atoms with E-state index in [1.165, 1.54) is 6.92 Å². The fourth-order valence-corrected chi connectivity index (χ4v) is 3.41. The second-order valence-electron chi connectivity index (χ2n) is 4.83. The van der Waals surface area contributed by atoms with Gasteiger partial charge in [-0.1, -0.05) is 0 Å². The average Bonchev–Trinajstić information content (AvgIpc) is 2.89. The summed E-state index contributed by atoms with van der Waals surface area (Å²) in [6, 6.07) is 1.90. The number of hydrogen-bond donors (Lipinski definition) is 2. The Morgan fingerprint density at radius 3 is 2.43 bits per heavy atom. The molecule has 9 heteroatoms. The molecule has 0 radical (unpaired) electrons. The van der Waals surface area contributed by atoms with Crippen LogP contribution in [0.2, 0.25) is 0 Å². The molecular weight excluding hydrogens is 300 g/mol. The summed E-state index contributed by atoms with van der Waals surface area (Å²) in [4.78, 5) is 23.5. The summed E-state index contributed by atoms with van der Waals surface area (Å²) in [5, 5.41) is 8.30. The third-order valence-electron chi connectivity index (χ3n) is 3.32. The molecule has 21 heavy (non-hydrogen) atoms. The molecule has 116 valence electrons. The fourth-order valence-electron chi connectivity index (χ4n) is 2.17. The quantitative estimate of drug-likeness (QED) is 0.823. The summed E-state index contributed by atoms with van der Waals surface area (Å²) in [6.45, 7) is 2.45. The number of aromatic carboxylic acids is 1. The molecule has 1 amide bonds. The number of piperidine rings is 1. The lowest BCUT2D eigenvalue weighted by Gasteiger charge is -2.31. The van der Waals surface area contributed by atoms with Crippen molar-refractivity contribution in [1.82, 2.24) is 9.62 Å². The number of carboxylic acid groups (broad SMARTS) is 1. The van der Waals surface area contributed by atoms with E-state index in [-0.39, 0.29) is 11.9 Å². The highest BCUT2D eigenvalue weighted by Gasteiger charge is 2.27. The van der Waals surface area contributed by atoms with E-state index in [2.05, 4.69) is 4.72 Å². The predicted octanol–water partition coefficient (Wildman–Crippen LogP) is 0.267. The van der Waals surface area contributed by atoms with Crippen LogP contribution in [-0.2, 0) is 14.8 Å². The molecule has 1 aromatic heterocycles. The minimum Gasteiger partial charge on any atom is -0.475 e. The molecule has 0 saturated carbocycles. The highest BCUT2D eigenvalue weighted by molar-refractivity contribution is 7.89. The Morgan fingerprint density at radius 2 is 1.95 bits per heavy atom. The van der Waals surface area contributed by atoms with E-state index in [0.29, 0.717) is 25.9 Å². The lowest BCUT2D eigenvalue weighted by atomic mass is 10.1. The first-order valence-corrected chi connectivity index (χ1v) is 7.89. The standard InChI is InChI=1S/C12H16N2O6S/c1-8(15)14-6-4-9(5-7-14)13-21(18,19)11-3-2-10(20-11)12(16)17/h2-3,9,13H,4-7H2,1H3,(H,16,17). The Bertz CT molecular complexity index is 642. The van der Waals surface area contributed by atoms with Crippen LogP contribution >= 0.6 is 0 Å². The number of hydrogen-bond acceptors (Lipinski definition) is 5. The molecule has 0 spiro atoms. The zero-order valence-corrected chi connectivity index (χ0v) is 12.2. The SMILES string of the molecule is CC(=O)N1CCC(NS(=O)(=O)c2ccc(C(=O)O)o2)CC1. The maximum Gasteiger partial charge on any atom is 0.371 e. The number of likely N-dealkylation sites (tertiary alicyclic amines) is 1. The Hall–Kier alpha value is -1.87. The number of carboxylic acids is 1. The van der Waals surface area contributed by atoms with E-state index < -0.39 is 26.8 Å². The minimum atomic E-state index is -3.89. The molecule has 0 bridgehead atoms. The molecule has 8 nitrogen and oxygen atoms in total.